The van der Waals surface area contributed by atoms with Gasteiger partial charge < -0.3 is 20.6 Å². The van der Waals surface area contributed by atoms with Gasteiger partial charge in [0, 0.05) is 65.9 Å². The van der Waals surface area contributed by atoms with Crippen molar-refractivity contribution >= 4 is 62.0 Å². The molecule has 0 spiro atoms. The topological polar surface area (TPSA) is 86.9 Å². The van der Waals surface area contributed by atoms with E-state index in [1.54, 1.807) is 11.0 Å². The molecule has 37 heavy (non-hydrogen) atoms. The highest BCUT2D eigenvalue weighted by Gasteiger charge is 2.34. The third-order valence-corrected chi connectivity index (χ3v) is 8.13. The first-order valence-electron chi connectivity index (χ1n) is 12.7. The normalized spacial score (nSPS) is 16.4. The number of nitrogens with zero attached hydrogens (tertiary/aromatic N) is 2. The van der Waals surface area contributed by atoms with Gasteiger partial charge in [0.15, 0.2) is 0 Å². The molecule has 2 heterocycles. The molecule has 1 atom stereocenters. The second-order valence-corrected chi connectivity index (χ2v) is 10.2. The van der Waals surface area contributed by atoms with Crippen LogP contribution >= 0.6 is 11.6 Å². The fraction of sp³-hybridized carbons (Fsp3) is 0.267. The summed E-state index contributed by atoms with van der Waals surface area (Å²) in [6.45, 7) is 1.10. The van der Waals surface area contributed by atoms with E-state index in [9.17, 15) is 14.7 Å². The third kappa shape index (κ3) is 3.87. The summed E-state index contributed by atoms with van der Waals surface area (Å²) in [5.41, 5.74) is 10.7. The van der Waals surface area contributed by atoms with Crippen LogP contribution in [0.1, 0.15) is 36.3 Å². The van der Waals surface area contributed by atoms with Crippen LogP contribution in [0.5, 0.6) is 5.75 Å². The van der Waals surface area contributed by atoms with Crippen LogP contribution in [0.25, 0.3) is 21.5 Å². The Hall–Kier alpha value is -3.77. The van der Waals surface area contributed by atoms with Gasteiger partial charge in [0.25, 0.3) is 0 Å². The number of fused-ring (bicyclic) bond motifs is 6. The number of amides is 2. The van der Waals surface area contributed by atoms with Gasteiger partial charge in [0.05, 0.1) is 5.69 Å². The minimum Gasteiger partial charge on any atom is -0.507 e. The molecule has 0 fully saturated rings. The fourth-order valence-corrected chi connectivity index (χ4v) is 6.26. The third-order valence-electron chi connectivity index (χ3n) is 7.76. The van der Waals surface area contributed by atoms with E-state index in [1.807, 2.05) is 53.4 Å². The van der Waals surface area contributed by atoms with Crippen molar-refractivity contribution in [1.29, 1.82) is 0 Å². The zero-order chi connectivity index (χ0) is 25.7. The predicted molar refractivity (Wildman–Crippen MR) is 150 cm³/mol. The Kier molecular flexibility index (Phi) is 5.92. The number of alkyl halides is 1. The average Bonchev–Trinajstić information content (AvgIpc) is 3.51. The smallest absolute Gasteiger partial charge is 0.227 e. The first-order chi connectivity index (χ1) is 18.0. The molecule has 2 aliphatic rings. The standard InChI is InChI=1S/C30H28ClN3O3/c31-16-18-17-34(26-15-27(35)22-8-3-4-9-23(22)30(18)26)29(37)11-5-10-28(36)33-13-12-21-19-6-1-2-7-20(19)24(32)14-25(21)33/h1-4,6-9,14-15,18,35H,5,10-13,16-17,32H2. The summed E-state index contributed by atoms with van der Waals surface area (Å²) in [6.07, 6.45) is 1.76. The lowest BCUT2D eigenvalue weighted by Crippen LogP contribution is -2.31. The summed E-state index contributed by atoms with van der Waals surface area (Å²) in [6, 6.07) is 19.2. The van der Waals surface area contributed by atoms with Gasteiger partial charge in [-0.25, -0.2) is 0 Å². The molecule has 188 valence electrons. The highest BCUT2D eigenvalue weighted by atomic mass is 35.5. The molecule has 4 aromatic rings. The van der Waals surface area contributed by atoms with Gasteiger partial charge in [-0.3, -0.25) is 9.59 Å². The average molecular weight is 514 g/mol. The molecular formula is C30H28ClN3O3. The Labute approximate surface area is 220 Å². The molecule has 0 aliphatic carbocycles. The highest BCUT2D eigenvalue weighted by Crippen LogP contribution is 2.45. The lowest BCUT2D eigenvalue weighted by atomic mass is 9.95. The van der Waals surface area contributed by atoms with Crippen molar-refractivity contribution in [3.05, 3.63) is 71.8 Å². The molecule has 2 amide bonds. The molecule has 4 aromatic carbocycles. The Morgan fingerprint density at radius 3 is 2.27 bits per heavy atom. The zero-order valence-corrected chi connectivity index (χ0v) is 21.2. The van der Waals surface area contributed by atoms with E-state index in [1.165, 1.54) is 0 Å². The van der Waals surface area contributed by atoms with E-state index in [-0.39, 0.29) is 36.3 Å². The molecular weight excluding hydrogens is 486 g/mol. The van der Waals surface area contributed by atoms with Crippen LogP contribution in [0.3, 0.4) is 0 Å². The van der Waals surface area contributed by atoms with Crippen molar-refractivity contribution in [2.24, 2.45) is 0 Å². The van der Waals surface area contributed by atoms with E-state index >= 15 is 0 Å². The lowest BCUT2D eigenvalue weighted by molar-refractivity contribution is -0.119. The molecule has 0 aromatic heterocycles. The second-order valence-electron chi connectivity index (χ2n) is 9.89. The molecule has 2 aliphatic heterocycles. The maximum Gasteiger partial charge on any atom is 0.227 e. The number of anilines is 3. The van der Waals surface area contributed by atoms with Crippen molar-refractivity contribution in [3.8, 4) is 5.75 Å². The number of carbonyl (C=O) groups excluding carboxylic acids is 2. The number of phenolic OH excluding ortho intramolecular Hbond substituents is 1. The van der Waals surface area contributed by atoms with Crippen molar-refractivity contribution in [2.75, 3.05) is 34.5 Å². The quantitative estimate of drug-likeness (QED) is 0.264. The van der Waals surface area contributed by atoms with Gasteiger partial charge in [-0.15, -0.1) is 11.6 Å². The summed E-state index contributed by atoms with van der Waals surface area (Å²) in [4.78, 5) is 30.0. The Morgan fingerprint density at radius 2 is 1.54 bits per heavy atom. The molecule has 7 heteroatoms. The van der Waals surface area contributed by atoms with Crippen molar-refractivity contribution < 1.29 is 14.7 Å². The number of hydrogen-bond donors (Lipinski definition) is 2. The number of benzene rings is 4. The molecule has 6 nitrogen and oxygen atoms in total. The van der Waals surface area contributed by atoms with Crippen LogP contribution in [0.15, 0.2) is 60.7 Å². The van der Waals surface area contributed by atoms with Gasteiger partial charge in [-0.2, -0.15) is 0 Å². The SMILES string of the molecule is Nc1cc2c(c3ccccc13)CCN2C(=O)CCCC(=O)N1CC(CCl)c2c1cc(O)c1ccccc21. The molecule has 0 saturated heterocycles. The molecule has 0 radical (unpaired) electrons. The summed E-state index contributed by atoms with van der Waals surface area (Å²) in [7, 11) is 0. The largest absolute Gasteiger partial charge is 0.507 e. The maximum absolute atomic E-state index is 13.3. The lowest BCUT2D eigenvalue weighted by Gasteiger charge is -2.20. The summed E-state index contributed by atoms with van der Waals surface area (Å²) in [5, 5.41) is 14.4. The summed E-state index contributed by atoms with van der Waals surface area (Å²) < 4.78 is 0. The number of aromatic hydroxyl groups is 1. The fourth-order valence-electron chi connectivity index (χ4n) is 6.00. The van der Waals surface area contributed by atoms with Crippen LogP contribution in [0, 0.1) is 0 Å². The van der Waals surface area contributed by atoms with Gasteiger partial charge in [0.1, 0.15) is 5.75 Å². The minimum absolute atomic E-state index is 0.00493. The number of hydrogen-bond acceptors (Lipinski definition) is 4. The molecule has 6 rings (SSSR count). The van der Waals surface area contributed by atoms with E-state index in [2.05, 4.69) is 6.07 Å². The molecule has 0 bridgehead atoms. The van der Waals surface area contributed by atoms with E-state index < -0.39 is 0 Å². The Balaban J connectivity index is 1.17. The van der Waals surface area contributed by atoms with Crippen LogP contribution in [-0.2, 0) is 16.0 Å². The Morgan fingerprint density at radius 1 is 0.892 bits per heavy atom. The van der Waals surface area contributed by atoms with Gasteiger partial charge in [-0.1, -0.05) is 48.5 Å². The van der Waals surface area contributed by atoms with Crippen LogP contribution in [-0.4, -0.2) is 35.9 Å². The Bertz CT molecular complexity index is 1570. The number of rotatable bonds is 5. The molecule has 1 unspecified atom stereocenters. The van der Waals surface area contributed by atoms with Crippen molar-refractivity contribution in [1.82, 2.24) is 0 Å². The van der Waals surface area contributed by atoms with E-state index in [0.29, 0.717) is 36.8 Å². The van der Waals surface area contributed by atoms with Crippen molar-refractivity contribution in [3.63, 3.8) is 0 Å². The zero-order valence-electron chi connectivity index (χ0n) is 20.4. The number of nitrogens with two attached hydrogens (primary N) is 1. The van der Waals surface area contributed by atoms with Crippen LogP contribution in [0.4, 0.5) is 17.1 Å². The van der Waals surface area contributed by atoms with Crippen molar-refractivity contribution in [2.45, 2.75) is 31.6 Å². The van der Waals surface area contributed by atoms with E-state index in [4.69, 9.17) is 17.3 Å². The molecule has 3 N–H and O–H groups in total. The summed E-state index contributed by atoms with van der Waals surface area (Å²) >= 11 is 6.29. The van der Waals surface area contributed by atoms with Crippen LogP contribution in [0.2, 0.25) is 0 Å². The predicted octanol–water partition coefficient (Wildman–Crippen LogP) is 5.71. The van der Waals surface area contributed by atoms with E-state index in [0.717, 1.165) is 44.8 Å². The molecule has 0 saturated carbocycles. The number of halogens is 1. The minimum atomic E-state index is -0.0617. The van der Waals surface area contributed by atoms with Crippen LogP contribution < -0.4 is 15.5 Å². The first-order valence-corrected chi connectivity index (χ1v) is 13.2. The first kappa shape index (κ1) is 23.6. The highest BCUT2D eigenvalue weighted by molar-refractivity contribution is 6.19. The van der Waals surface area contributed by atoms with Gasteiger partial charge >= 0.3 is 0 Å². The second kappa shape index (κ2) is 9.27. The number of carbonyl (C=O) groups is 2. The van der Waals surface area contributed by atoms with Gasteiger partial charge in [-0.05, 0) is 40.8 Å². The summed E-state index contributed by atoms with van der Waals surface area (Å²) in [5.74, 6) is 0.473. The number of phenols is 1. The number of nitrogen functional groups attached to an aromatic ring is 1. The van der Waals surface area contributed by atoms with Gasteiger partial charge in [0.2, 0.25) is 11.8 Å². The monoisotopic (exact) mass is 513 g/mol. The maximum atomic E-state index is 13.3.